The molecule has 1 aliphatic heterocycles. The normalized spacial score (nSPS) is 16.8. The van der Waals surface area contributed by atoms with Gasteiger partial charge in [-0.2, -0.15) is 13.2 Å². The first-order valence-electron chi connectivity index (χ1n) is 4.77. The van der Waals surface area contributed by atoms with Crippen molar-refractivity contribution in [2.24, 2.45) is 0 Å². The maximum atomic E-state index is 11.8. The van der Waals surface area contributed by atoms with Crippen molar-refractivity contribution in [1.29, 1.82) is 0 Å². The lowest BCUT2D eigenvalue weighted by Crippen LogP contribution is -2.38. The van der Waals surface area contributed by atoms with Crippen LogP contribution in [0.2, 0.25) is 0 Å². The maximum Gasteiger partial charge on any atom is 0.422 e. The Hall–Kier alpha value is -1.40. The molecule has 1 amide bonds. The van der Waals surface area contributed by atoms with Gasteiger partial charge in [-0.25, -0.2) is 4.79 Å². The highest BCUT2D eigenvalue weighted by Gasteiger charge is 2.31. The highest BCUT2D eigenvalue weighted by molar-refractivity contribution is 5.68. The van der Waals surface area contributed by atoms with Crippen LogP contribution in [0.4, 0.5) is 18.0 Å². The molecule has 0 saturated heterocycles. The van der Waals surface area contributed by atoms with Gasteiger partial charge in [0, 0.05) is 32.3 Å². The number of amides is 1. The second-order valence-corrected chi connectivity index (χ2v) is 3.35. The topological polar surface area (TPSA) is 41.6 Å². The fourth-order valence-electron chi connectivity index (χ4n) is 1.30. The van der Waals surface area contributed by atoms with Crippen molar-refractivity contribution in [1.82, 2.24) is 10.2 Å². The highest BCUT2D eigenvalue weighted by atomic mass is 19.4. The lowest BCUT2D eigenvalue weighted by Gasteiger charge is -2.25. The number of halogens is 3. The average Bonchev–Trinajstić information content (AvgIpc) is 2.25. The Morgan fingerprint density at radius 2 is 2.31 bits per heavy atom. The summed E-state index contributed by atoms with van der Waals surface area (Å²) in [5, 5.41) is 2.92. The van der Waals surface area contributed by atoms with Crippen molar-refractivity contribution in [2.75, 3.05) is 26.7 Å². The van der Waals surface area contributed by atoms with Gasteiger partial charge in [0.05, 0.1) is 0 Å². The molecular weight excluding hydrogens is 225 g/mol. The number of hydrogen-bond donors (Lipinski definition) is 1. The van der Waals surface area contributed by atoms with Crippen molar-refractivity contribution in [2.45, 2.75) is 12.6 Å². The quantitative estimate of drug-likeness (QED) is 0.792. The van der Waals surface area contributed by atoms with Crippen molar-refractivity contribution < 1.29 is 22.7 Å². The molecule has 1 N–H and O–H groups in total. The van der Waals surface area contributed by atoms with Crippen molar-refractivity contribution in [3.8, 4) is 0 Å². The van der Waals surface area contributed by atoms with Crippen molar-refractivity contribution in [3.63, 3.8) is 0 Å². The van der Waals surface area contributed by atoms with E-state index in [2.05, 4.69) is 10.1 Å². The van der Waals surface area contributed by atoms with Crippen LogP contribution in [0.5, 0.6) is 0 Å². The zero-order valence-electron chi connectivity index (χ0n) is 8.80. The van der Waals surface area contributed by atoms with Crippen LogP contribution in [-0.2, 0) is 4.74 Å². The van der Waals surface area contributed by atoms with Crippen LogP contribution in [-0.4, -0.2) is 43.9 Å². The first-order valence-corrected chi connectivity index (χ1v) is 4.77. The van der Waals surface area contributed by atoms with E-state index < -0.39 is 18.9 Å². The van der Waals surface area contributed by atoms with Crippen molar-refractivity contribution >= 4 is 6.09 Å². The molecule has 0 aromatic heterocycles. The van der Waals surface area contributed by atoms with Crippen molar-refractivity contribution in [3.05, 3.63) is 11.8 Å². The fourth-order valence-corrected chi connectivity index (χ4v) is 1.30. The molecule has 4 nitrogen and oxygen atoms in total. The molecule has 1 heterocycles. The van der Waals surface area contributed by atoms with Gasteiger partial charge in [-0.3, -0.25) is 0 Å². The molecule has 1 aliphatic rings. The van der Waals surface area contributed by atoms with E-state index in [-0.39, 0.29) is 6.54 Å². The predicted molar refractivity (Wildman–Crippen MR) is 50.7 cm³/mol. The van der Waals surface area contributed by atoms with Gasteiger partial charge < -0.3 is 15.0 Å². The van der Waals surface area contributed by atoms with E-state index in [4.69, 9.17) is 0 Å². The van der Waals surface area contributed by atoms with Gasteiger partial charge in [0.15, 0.2) is 6.61 Å². The van der Waals surface area contributed by atoms with E-state index >= 15 is 0 Å². The third-order valence-electron chi connectivity index (χ3n) is 2.15. The van der Waals surface area contributed by atoms with E-state index in [0.717, 1.165) is 5.70 Å². The molecule has 1 rings (SSSR count). The molecule has 0 saturated carbocycles. The summed E-state index contributed by atoms with van der Waals surface area (Å²) in [7, 11) is 1.75. The van der Waals surface area contributed by atoms with Gasteiger partial charge in [0.2, 0.25) is 0 Å². The van der Waals surface area contributed by atoms with Gasteiger partial charge in [-0.15, -0.1) is 0 Å². The summed E-state index contributed by atoms with van der Waals surface area (Å²) in [4.78, 5) is 12.4. The number of carbonyl (C=O) groups excluding carboxylic acids is 1. The third-order valence-corrected chi connectivity index (χ3v) is 2.15. The smallest absolute Gasteiger partial charge is 0.422 e. The number of nitrogens with one attached hydrogen (secondary N) is 1. The van der Waals surface area contributed by atoms with E-state index in [1.807, 2.05) is 0 Å². The SMILES string of the molecule is CNC1=CCN(C(=O)OCC(F)(F)F)CC1. The average molecular weight is 238 g/mol. The van der Waals surface area contributed by atoms with Gasteiger partial charge in [0.25, 0.3) is 0 Å². The summed E-state index contributed by atoms with van der Waals surface area (Å²) in [6.07, 6.45) is -3.06. The summed E-state index contributed by atoms with van der Waals surface area (Å²) in [6.45, 7) is -0.902. The van der Waals surface area contributed by atoms with Crippen LogP contribution in [0.15, 0.2) is 11.8 Å². The summed E-state index contributed by atoms with van der Waals surface area (Å²) >= 11 is 0. The Morgan fingerprint density at radius 3 is 2.75 bits per heavy atom. The highest BCUT2D eigenvalue weighted by Crippen LogP contribution is 2.16. The zero-order chi connectivity index (χ0) is 12.2. The third kappa shape index (κ3) is 4.00. The zero-order valence-corrected chi connectivity index (χ0v) is 8.80. The van der Waals surface area contributed by atoms with E-state index in [9.17, 15) is 18.0 Å². The van der Waals surface area contributed by atoms with Gasteiger partial charge in [0.1, 0.15) is 0 Å². The monoisotopic (exact) mass is 238 g/mol. The molecule has 0 fully saturated rings. The maximum absolute atomic E-state index is 11.8. The Balaban J connectivity index is 2.37. The second-order valence-electron chi connectivity index (χ2n) is 3.35. The minimum atomic E-state index is -4.47. The second kappa shape index (κ2) is 5.09. The number of ether oxygens (including phenoxy) is 1. The van der Waals surface area contributed by atoms with E-state index in [0.29, 0.717) is 13.0 Å². The molecule has 0 aromatic carbocycles. The number of carbonyl (C=O) groups is 1. The Bertz CT molecular complexity index is 289. The first-order chi connectivity index (χ1) is 7.42. The van der Waals surface area contributed by atoms with Crippen LogP contribution in [0, 0.1) is 0 Å². The lowest BCUT2D eigenvalue weighted by atomic mass is 10.2. The molecule has 92 valence electrons. The van der Waals surface area contributed by atoms with E-state index in [1.54, 1.807) is 13.1 Å². The Morgan fingerprint density at radius 1 is 1.62 bits per heavy atom. The molecule has 0 unspecified atom stereocenters. The van der Waals surface area contributed by atoms with E-state index in [1.165, 1.54) is 4.90 Å². The summed E-state index contributed by atoms with van der Waals surface area (Å²) in [5.41, 5.74) is 0.972. The molecule has 0 aromatic rings. The molecule has 16 heavy (non-hydrogen) atoms. The fraction of sp³-hybridized carbons (Fsp3) is 0.667. The largest absolute Gasteiger partial charge is 0.440 e. The predicted octanol–water partition coefficient (Wildman–Crippen LogP) is 1.49. The minimum Gasteiger partial charge on any atom is -0.440 e. The molecule has 0 atom stereocenters. The summed E-state index contributed by atoms with van der Waals surface area (Å²) in [5.74, 6) is 0. The molecular formula is C9H13F3N2O2. The van der Waals surface area contributed by atoms with Crippen LogP contribution in [0.1, 0.15) is 6.42 Å². The number of rotatable bonds is 2. The van der Waals surface area contributed by atoms with Gasteiger partial charge >= 0.3 is 12.3 Å². The van der Waals surface area contributed by atoms with Crippen LogP contribution in [0.25, 0.3) is 0 Å². The molecule has 0 bridgehead atoms. The lowest BCUT2D eigenvalue weighted by molar-refractivity contribution is -0.162. The van der Waals surface area contributed by atoms with Crippen LogP contribution < -0.4 is 5.32 Å². The van der Waals surface area contributed by atoms with Gasteiger partial charge in [-0.05, 0) is 6.08 Å². The number of alkyl halides is 3. The Kier molecular flexibility index (Phi) is 4.03. The molecule has 0 spiro atoms. The summed E-state index contributed by atoms with van der Waals surface area (Å²) < 4.78 is 39.5. The van der Waals surface area contributed by atoms with Crippen LogP contribution in [0.3, 0.4) is 0 Å². The first kappa shape index (κ1) is 12.7. The summed E-state index contributed by atoms with van der Waals surface area (Å²) in [6, 6.07) is 0. The number of nitrogens with zero attached hydrogens (tertiary/aromatic N) is 1. The molecule has 7 heteroatoms. The van der Waals surface area contributed by atoms with Gasteiger partial charge in [-0.1, -0.05) is 0 Å². The van der Waals surface area contributed by atoms with Crippen LogP contribution >= 0.6 is 0 Å². The standard InChI is InChI=1S/C9H13F3N2O2/c1-13-7-2-4-14(5-3-7)8(15)16-6-9(10,11)12/h2,13H,3-6H2,1H3. The minimum absolute atomic E-state index is 0.271. The Labute approximate surface area is 91.0 Å². The number of hydrogen-bond acceptors (Lipinski definition) is 3. The molecule has 0 radical (unpaired) electrons. The molecule has 0 aliphatic carbocycles.